The number of anilines is 1. The molecule has 0 atom stereocenters. The quantitative estimate of drug-likeness (QED) is 0.513. The van der Waals surface area contributed by atoms with Gasteiger partial charge >= 0.3 is 0 Å². The largest absolute Gasteiger partial charge is 0.494 e. The van der Waals surface area contributed by atoms with Crippen LogP contribution in [0.3, 0.4) is 0 Å². The van der Waals surface area contributed by atoms with E-state index >= 15 is 0 Å². The lowest BCUT2D eigenvalue weighted by atomic mass is 10.1. The summed E-state index contributed by atoms with van der Waals surface area (Å²) in [6, 6.07) is 14.1. The van der Waals surface area contributed by atoms with Gasteiger partial charge in [0.15, 0.2) is 0 Å². The molecule has 0 saturated carbocycles. The van der Waals surface area contributed by atoms with Gasteiger partial charge in [-0.3, -0.25) is 9.59 Å². The molecule has 5 nitrogen and oxygen atoms in total. The second-order valence-electron chi connectivity index (χ2n) is 5.05. The highest BCUT2D eigenvalue weighted by molar-refractivity contribution is 6.49. The molecule has 22 heavy (non-hydrogen) atoms. The third-order valence-corrected chi connectivity index (χ3v) is 3.40. The van der Waals surface area contributed by atoms with E-state index in [1.54, 1.807) is 36.4 Å². The number of nitrogens with one attached hydrogen (secondary N) is 2. The number of para-hydroxylation sites is 1. The molecule has 3 aromatic rings. The molecule has 2 aromatic carbocycles. The zero-order valence-corrected chi connectivity index (χ0v) is 11.9. The molecular weight excluding hydrogens is 280 g/mol. The number of hydrogen-bond acceptors (Lipinski definition) is 3. The van der Waals surface area contributed by atoms with E-state index in [2.05, 4.69) is 10.3 Å². The third kappa shape index (κ3) is 2.44. The van der Waals surface area contributed by atoms with Gasteiger partial charge < -0.3 is 15.4 Å². The number of amides is 1. The molecule has 3 N–H and O–H groups in total. The van der Waals surface area contributed by atoms with Crippen molar-refractivity contribution >= 4 is 28.3 Å². The van der Waals surface area contributed by atoms with Crippen molar-refractivity contribution in [1.82, 2.24) is 4.98 Å². The van der Waals surface area contributed by atoms with Gasteiger partial charge in [-0.1, -0.05) is 29.8 Å². The number of Topliss-reactive ketones (excluding diaryl/α,β-unsaturated/α-hetero) is 1. The summed E-state index contributed by atoms with van der Waals surface area (Å²) in [6.45, 7) is 1.88. The third-order valence-electron chi connectivity index (χ3n) is 3.40. The number of fused-ring (bicyclic) bond motifs is 1. The number of carbonyl (C=O) groups is 2. The van der Waals surface area contributed by atoms with Gasteiger partial charge in [-0.2, -0.15) is 0 Å². The zero-order valence-electron chi connectivity index (χ0n) is 11.9. The molecule has 0 aliphatic heterocycles. The summed E-state index contributed by atoms with van der Waals surface area (Å²) in [5, 5.41) is 13.0. The molecule has 110 valence electrons. The molecule has 0 unspecified atom stereocenters. The number of rotatable bonds is 3. The van der Waals surface area contributed by atoms with Crippen LogP contribution < -0.4 is 5.32 Å². The van der Waals surface area contributed by atoms with Crippen LogP contribution in [0.15, 0.2) is 48.5 Å². The molecule has 5 heteroatoms. The molecule has 1 amide bonds. The van der Waals surface area contributed by atoms with E-state index in [0.717, 1.165) is 5.56 Å². The van der Waals surface area contributed by atoms with Crippen molar-refractivity contribution in [2.75, 3.05) is 5.32 Å². The van der Waals surface area contributed by atoms with E-state index in [-0.39, 0.29) is 11.4 Å². The molecule has 0 aliphatic rings. The SMILES string of the molecule is Cc1ccc2[nH]c(O)c(C(=O)C(=O)Nc3ccccc3)c2c1. The van der Waals surface area contributed by atoms with E-state index in [9.17, 15) is 14.7 Å². The Morgan fingerprint density at radius 1 is 1.09 bits per heavy atom. The number of H-pyrrole nitrogens is 1. The first-order valence-electron chi connectivity index (χ1n) is 6.78. The fraction of sp³-hybridized carbons (Fsp3) is 0.0588. The number of aromatic amines is 1. The van der Waals surface area contributed by atoms with E-state index in [1.165, 1.54) is 0 Å². The van der Waals surface area contributed by atoms with E-state index in [1.807, 2.05) is 19.1 Å². The topological polar surface area (TPSA) is 82.2 Å². The standard InChI is InChI=1S/C17H14N2O3/c1-10-7-8-13-12(9-10)14(16(21)19-13)15(20)17(22)18-11-5-3-2-4-6-11/h2-9,19,21H,1H3,(H,18,22). The zero-order chi connectivity index (χ0) is 15.7. The Bertz CT molecular complexity index is 866. The van der Waals surface area contributed by atoms with Crippen LogP contribution in [-0.2, 0) is 4.79 Å². The van der Waals surface area contributed by atoms with Crippen molar-refractivity contribution in [2.24, 2.45) is 0 Å². The number of aryl methyl sites for hydroxylation is 1. The van der Waals surface area contributed by atoms with Crippen LogP contribution in [0.1, 0.15) is 15.9 Å². The molecule has 0 saturated heterocycles. The number of hydrogen-bond donors (Lipinski definition) is 3. The lowest BCUT2D eigenvalue weighted by molar-refractivity contribution is -0.112. The first-order valence-corrected chi connectivity index (χ1v) is 6.78. The van der Waals surface area contributed by atoms with Gasteiger partial charge in [-0.05, 0) is 31.2 Å². The smallest absolute Gasteiger partial charge is 0.297 e. The summed E-state index contributed by atoms with van der Waals surface area (Å²) in [6.07, 6.45) is 0. The van der Waals surface area contributed by atoms with E-state index in [0.29, 0.717) is 16.6 Å². The lowest BCUT2D eigenvalue weighted by Crippen LogP contribution is -2.22. The Hall–Kier alpha value is -3.08. The first-order chi connectivity index (χ1) is 10.6. The minimum atomic E-state index is -0.788. The van der Waals surface area contributed by atoms with Crippen LogP contribution in [0.5, 0.6) is 5.88 Å². The summed E-state index contributed by atoms with van der Waals surface area (Å²) in [4.78, 5) is 27.2. The van der Waals surface area contributed by atoms with Gasteiger partial charge in [0.25, 0.3) is 11.7 Å². The molecule has 0 bridgehead atoms. The van der Waals surface area contributed by atoms with Crippen LogP contribution in [0.4, 0.5) is 5.69 Å². The highest BCUT2D eigenvalue weighted by atomic mass is 16.3. The van der Waals surface area contributed by atoms with Crippen LogP contribution in [0.2, 0.25) is 0 Å². The predicted molar refractivity (Wildman–Crippen MR) is 84.1 cm³/mol. The van der Waals surface area contributed by atoms with Crippen molar-refractivity contribution in [3.63, 3.8) is 0 Å². The van der Waals surface area contributed by atoms with Crippen LogP contribution in [0.25, 0.3) is 10.9 Å². The molecule has 0 radical (unpaired) electrons. The Morgan fingerprint density at radius 2 is 1.82 bits per heavy atom. The highest BCUT2D eigenvalue weighted by Crippen LogP contribution is 2.28. The van der Waals surface area contributed by atoms with Crippen LogP contribution in [-0.4, -0.2) is 21.8 Å². The Balaban J connectivity index is 1.96. The average Bonchev–Trinajstić information content (AvgIpc) is 2.82. The maximum absolute atomic E-state index is 12.4. The van der Waals surface area contributed by atoms with E-state index in [4.69, 9.17) is 0 Å². The maximum atomic E-state index is 12.4. The van der Waals surface area contributed by atoms with Gasteiger partial charge in [-0.15, -0.1) is 0 Å². The number of aromatic hydroxyl groups is 1. The van der Waals surface area contributed by atoms with Crippen molar-refractivity contribution < 1.29 is 14.7 Å². The molecule has 0 fully saturated rings. The number of ketones is 1. The van der Waals surface area contributed by atoms with Crippen molar-refractivity contribution in [1.29, 1.82) is 0 Å². The first kappa shape index (κ1) is 13.9. The second kappa shape index (κ2) is 5.37. The van der Waals surface area contributed by atoms with Gasteiger partial charge in [0.2, 0.25) is 5.88 Å². The Morgan fingerprint density at radius 3 is 2.55 bits per heavy atom. The molecule has 1 aromatic heterocycles. The van der Waals surface area contributed by atoms with Crippen molar-refractivity contribution in [2.45, 2.75) is 6.92 Å². The summed E-state index contributed by atoms with van der Waals surface area (Å²) < 4.78 is 0. The molecule has 1 heterocycles. The molecule has 3 rings (SSSR count). The predicted octanol–water partition coefficient (Wildman–Crippen LogP) is 3.00. The fourth-order valence-corrected chi connectivity index (χ4v) is 2.34. The van der Waals surface area contributed by atoms with Crippen LogP contribution in [0, 0.1) is 6.92 Å². The summed E-state index contributed by atoms with van der Waals surface area (Å²) in [5.74, 6) is -1.86. The van der Waals surface area contributed by atoms with Gasteiger partial charge in [-0.25, -0.2) is 0 Å². The fourth-order valence-electron chi connectivity index (χ4n) is 2.34. The number of aromatic nitrogens is 1. The highest BCUT2D eigenvalue weighted by Gasteiger charge is 2.24. The van der Waals surface area contributed by atoms with E-state index < -0.39 is 11.7 Å². The van der Waals surface area contributed by atoms with Gasteiger partial charge in [0, 0.05) is 16.6 Å². The Labute approximate surface area is 126 Å². The minimum Gasteiger partial charge on any atom is -0.494 e. The summed E-state index contributed by atoms with van der Waals surface area (Å²) in [7, 11) is 0. The van der Waals surface area contributed by atoms with Crippen molar-refractivity contribution in [3.05, 3.63) is 59.7 Å². The summed E-state index contributed by atoms with van der Waals surface area (Å²) >= 11 is 0. The van der Waals surface area contributed by atoms with Gasteiger partial charge in [0.05, 0.1) is 5.56 Å². The second-order valence-corrected chi connectivity index (χ2v) is 5.05. The lowest BCUT2D eigenvalue weighted by Gasteiger charge is -2.04. The van der Waals surface area contributed by atoms with Crippen LogP contribution >= 0.6 is 0 Å². The molecular formula is C17H14N2O3. The average molecular weight is 294 g/mol. The monoisotopic (exact) mass is 294 g/mol. The molecule has 0 aliphatic carbocycles. The summed E-state index contributed by atoms with van der Waals surface area (Å²) in [5.41, 5.74) is 2.06. The normalized spacial score (nSPS) is 10.6. The number of carbonyl (C=O) groups excluding carboxylic acids is 2. The maximum Gasteiger partial charge on any atom is 0.297 e. The minimum absolute atomic E-state index is 0.00729. The number of benzene rings is 2. The van der Waals surface area contributed by atoms with Gasteiger partial charge in [0.1, 0.15) is 0 Å². The van der Waals surface area contributed by atoms with Crippen molar-refractivity contribution in [3.8, 4) is 5.88 Å². The molecule has 0 spiro atoms. The Kier molecular flexibility index (Phi) is 3.39.